The van der Waals surface area contributed by atoms with Crippen LogP contribution >= 0.6 is 0 Å². The van der Waals surface area contributed by atoms with Gasteiger partial charge in [0.25, 0.3) is 0 Å². The van der Waals surface area contributed by atoms with Crippen LogP contribution in [0.5, 0.6) is 0 Å². The molecule has 0 heterocycles. The molecule has 1 atom stereocenters. The highest BCUT2D eigenvalue weighted by Crippen LogP contribution is 2.08. The normalized spacial score (nSPS) is 11.3. The number of carbonyl (C=O) groups is 1. The largest absolute Gasteiger partial charge is 0.463 e. The van der Waals surface area contributed by atoms with Gasteiger partial charge in [0.2, 0.25) is 0 Å². The van der Waals surface area contributed by atoms with E-state index in [1.54, 1.807) is 0 Å². The van der Waals surface area contributed by atoms with Crippen molar-refractivity contribution in [3.63, 3.8) is 0 Å². The summed E-state index contributed by atoms with van der Waals surface area (Å²) < 4.78 is 14.0. The average molecular weight is 348 g/mol. The molecular weight excluding hydrogens is 312 g/mol. The number of esters is 1. The highest BCUT2D eigenvalue weighted by molar-refractivity contribution is 5.81. The Bertz CT molecular complexity index is 270. The number of carbonyl (C=O) groups excluding carboxylic acids is 1. The van der Waals surface area contributed by atoms with Gasteiger partial charge in [-0.05, 0) is 6.42 Å². The average Bonchev–Trinajstić information content (AvgIpc) is 2.60. The Balaban J connectivity index is 0. The first-order valence-corrected chi connectivity index (χ1v) is 8.80. The number of hydrogen-bond donors (Lipinski definition) is 2. The summed E-state index contributed by atoms with van der Waals surface area (Å²) in [7, 11) is 1.38. The van der Waals surface area contributed by atoms with Gasteiger partial charge in [-0.25, -0.2) is 4.79 Å². The van der Waals surface area contributed by atoms with Gasteiger partial charge in [-0.3, -0.25) is 0 Å². The molecule has 0 aromatic heterocycles. The fraction of sp³-hybridized carbons (Fsp3) is 0.833. The van der Waals surface area contributed by atoms with Gasteiger partial charge in [-0.15, -0.1) is 0 Å². The van der Waals surface area contributed by atoms with E-state index in [-0.39, 0.29) is 25.8 Å². The molecule has 0 aromatic rings. The third-order valence-electron chi connectivity index (χ3n) is 3.18. The zero-order valence-electron chi connectivity index (χ0n) is 15.4. The minimum absolute atomic E-state index is 0.0313. The van der Waals surface area contributed by atoms with Crippen molar-refractivity contribution < 1.29 is 29.2 Å². The first-order valence-electron chi connectivity index (χ1n) is 8.80. The number of methoxy groups -OCH3 is 1. The highest BCUT2D eigenvalue weighted by atomic mass is 16.6. The Morgan fingerprint density at radius 2 is 1.67 bits per heavy atom. The summed E-state index contributed by atoms with van der Waals surface area (Å²) in [5.41, 5.74) is 0. The topological polar surface area (TPSA) is 85.2 Å². The summed E-state index contributed by atoms with van der Waals surface area (Å²) in [6.45, 7) is 6.43. The maximum atomic E-state index is 10.7. The molecule has 0 fully saturated rings. The van der Waals surface area contributed by atoms with Gasteiger partial charge in [0.05, 0.1) is 26.4 Å². The van der Waals surface area contributed by atoms with E-state index in [0.29, 0.717) is 6.61 Å². The lowest BCUT2D eigenvalue weighted by molar-refractivity contribution is -0.137. The molecule has 0 radical (unpaired) electrons. The molecule has 0 saturated heterocycles. The van der Waals surface area contributed by atoms with Crippen molar-refractivity contribution in [2.75, 3.05) is 33.5 Å². The van der Waals surface area contributed by atoms with E-state index in [1.165, 1.54) is 51.7 Å². The van der Waals surface area contributed by atoms with Crippen LogP contribution in [0.4, 0.5) is 0 Å². The van der Waals surface area contributed by atoms with E-state index in [1.807, 2.05) is 0 Å². The molecular formula is C18H36O6. The summed E-state index contributed by atoms with van der Waals surface area (Å²) in [6, 6.07) is 0. The third-order valence-corrected chi connectivity index (χ3v) is 3.18. The Morgan fingerprint density at radius 3 is 2.17 bits per heavy atom. The third kappa shape index (κ3) is 23.3. The van der Waals surface area contributed by atoms with Crippen LogP contribution in [0.1, 0.15) is 58.3 Å². The van der Waals surface area contributed by atoms with E-state index in [9.17, 15) is 4.79 Å². The summed E-state index contributed by atoms with van der Waals surface area (Å²) in [4.78, 5) is 10.7. The Kier molecular flexibility index (Phi) is 23.2. The second kappa shape index (κ2) is 22.1. The molecule has 0 aromatic carbocycles. The van der Waals surface area contributed by atoms with Crippen LogP contribution in [0.15, 0.2) is 12.7 Å². The second-order valence-corrected chi connectivity index (χ2v) is 5.34. The Hall–Kier alpha value is -0.950. The molecule has 0 rings (SSSR count). The SMILES string of the molecule is C=CC(=O)OCCCCCCCCCC.COC(O)COCCO. The first-order chi connectivity index (χ1) is 11.6. The standard InChI is InChI=1S/C13H24O2.C5H12O4/c1-3-5-6-7-8-9-10-11-12-15-13(14)4-2;1-8-5(7)4-9-3-2-6/h4H,2-3,5-12H2,1H3;5-7H,2-4H2,1H3. The first kappa shape index (κ1) is 25.3. The number of aliphatic hydroxyl groups is 2. The van der Waals surface area contributed by atoms with Gasteiger partial charge >= 0.3 is 5.97 Å². The maximum Gasteiger partial charge on any atom is 0.330 e. The minimum atomic E-state index is -0.878. The highest BCUT2D eigenvalue weighted by Gasteiger charge is 1.98. The summed E-state index contributed by atoms with van der Waals surface area (Å²) in [5, 5.41) is 16.9. The fourth-order valence-electron chi connectivity index (χ4n) is 1.78. The smallest absolute Gasteiger partial charge is 0.330 e. The lowest BCUT2D eigenvalue weighted by Gasteiger charge is -2.06. The zero-order valence-corrected chi connectivity index (χ0v) is 15.4. The van der Waals surface area contributed by atoms with Crippen molar-refractivity contribution in [2.24, 2.45) is 0 Å². The molecule has 144 valence electrons. The fourth-order valence-corrected chi connectivity index (χ4v) is 1.78. The quantitative estimate of drug-likeness (QED) is 0.205. The molecule has 0 aliphatic rings. The van der Waals surface area contributed by atoms with E-state index in [2.05, 4.69) is 18.2 Å². The molecule has 6 nitrogen and oxygen atoms in total. The van der Waals surface area contributed by atoms with E-state index in [0.717, 1.165) is 12.8 Å². The second-order valence-electron chi connectivity index (χ2n) is 5.34. The molecule has 2 N–H and O–H groups in total. The molecule has 24 heavy (non-hydrogen) atoms. The molecule has 0 amide bonds. The van der Waals surface area contributed by atoms with Gasteiger partial charge in [-0.2, -0.15) is 0 Å². The van der Waals surface area contributed by atoms with E-state index < -0.39 is 6.29 Å². The van der Waals surface area contributed by atoms with Gasteiger partial charge in [-0.1, -0.05) is 58.4 Å². The van der Waals surface area contributed by atoms with Gasteiger partial charge in [0, 0.05) is 13.2 Å². The predicted molar refractivity (Wildman–Crippen MR) is 94.7 cm³/mol. The molecule has 0 saturated carbocycles. The van der Waals surface area contributed by atoms with Crippen molar-refractivity contribution in [2.45, 2.75) is 64.6 Å². The van der Waals surface area contributed by atoms with Crippen LogP contribution in [0.25, 0.3) is 0 Å². The summed E-state index contributed by atoms with van der Waals surface area (Å²) in [5.74, 6) is -0.307. The monoisotopic (exact) mass is 348 g/mol. The molecule has 0 bridgehead atoms. The van der Waals surface area contributed by atoms with Crippen molar-refractivity contribution in [1.82, 2.24) is 0 Å². The summed E-state index contributed by atoms with van der Waals surface area (Å²) >= 11 is 0. The maximum absolute atomic E-state index is 10.7. The van der Waals surface area contributed by atoms with Crippen LogP contribution in [0.2, 0.25) is 0 Å². The van der Waals surface area contributed by atoms with Gasteiger partial charge in [0.15, 0.2) is 6.29 Å². The van der Waals surface area contributed by atoms with Gasteiger partial charge < -0.3 is 24.4 Å². The number of ether oxygens (including phenoxy) is 3. The molecule has 0 aliphatic carbocycles. The van der Waals surface area contributed by atoms with E-state index >= 15 is 0 Å². The predicted octanol–water partition coefficient (Wildman–Crippen LogP) is 2.82. The molecule has 0 spiro atoms. The molecule has 6 heteroatoms. The van der Waals surface area contributed by atoms with Crippen LogP contribution in [-0.4, -0.2) is 56.0 Å². The van der Waals surface area contributed by atoms with Crippen LogP contribution < -0.4 is 0 Å². The molecule has 0 aliphatic heterocycles. The zero-order chi connectivity index (χ0) is 18.5. The molecule has 1 unspecified atom stereocenters. The van der Waals surface area contributed by atoms with Crippen molar-refractivity contribution in [3.05, 3.63) is 12.7 Å². The van der Waals surface area contributed by atoms with Gasteiger partial charge in [0.1, 0.15) is 0 Å². The Labute approximate surface area is 146 Å². The lowest BCUT2D eigenvalue weighted by atomic mass is 10.1. The van der Waals surface area contributed by atoms with Crippen LogP contribution in [-0.2, 0) is 19.0 Å². The van der Waals surface area contributed by atoms with Crippen LogP contribution in [0, 0.1) is 0 Å². The number of aliphatic hydroxyl groups excluding tert-OH is 2. The van der Waals surface area contributed by atoms with Crippen molar-refractivity contribution >= 4 is 5.97 Å². The minimum Gasteiger partial charge on any atom is -0.463 e. The van der Waals surface area contributed by atoms with Crippen LogP contribution in [0.3, 0.4) is 0 Å². The van der Waals surface area contributed by atoms with Crippen molar-refractivity contribution in [3.8, 4) is 0 Å². The van der Waals surface area contributed by atoms with Crippen molar-refractivity contribution in [1.29, 1.82) is 0 Å². The number of unbranched alkanes of at least 4 members (excludes halogenated alkanes) is 7. The number of hydrogen-bond acceptors (Lipinski definition) is 6. The Morgan fingerprint density at radius 1 is 1.08 bits per heavy atom. The number of rotatable bonds is 15. The van der Waals surface area contributed by atoms with E-state index in [4.69, 9.17) is 19.7 Å². The lowest BCUT2D eigenvalue weighted by Crippen LogP contribution is -2.18. The summed E-state index contributed by atoms with van der Waals surface area (Å²) in [6.07, 6.45) is 10.4.